The molecule has 6 heteroatoms. The Morgan fingerprint density at radius 1 is 1.38 bits per heavy atom. The predicted molar refractivity (Wildman–Crippen MR) is 92.5 cm³/mol. The van der Waals surface area contributed by atoms with Crippen molar-refractivity contribution in [3.63, 3.8) is 0 Å². The van der Waals surface area contributed by atoms with E-state index >= 15 is 0 Å². The average molecular weight is 335 g/mol. The lowest BCUT2D eigenvalue weighted by Crippen LogP contribution is -2.41. The van der Waals surface area contributed by atoms with Gasteiger partial charge in [-0.1, -0.05) is 25.1 Å². The van der Waals surface area contributed by atoms with E-state index in [9.17, 15) is 9.18 Å². The Morgan fingerprint density at radius 3 is 2.67 bits per heavy atom. The van der Waals surface area contributed by atoms with Crippen LogP contribution in [0.25, 0.3) is 0 Å². The van der Waals surface area contributed by atoms with Gasteiger partial charge in [-0.2, -0.15) is 0 Å². The highest BCUT2D eigenvalue weighted by molar-refractivity contribution is 5.81. The molecule has 0 aliphatic heterocycles. The molecule has 0 amide bonds. The molecule has 1 atom stereocenters. The van der Waals surface area contributed by atoms with Gasteiger partial charge in [0.1, 0.15) is 5.82 Å². The van der Waals surface area contributed by atoms with Crippen LogP contribution in [-0.4, -0.2) is 38.7 Å². The number of carbonyl (C=O) groups is 1. The summed E-state index contributed by atoms with van der Waals surface area (Å²) in [6, 6.07) is 6.92. The first-order valence-electron chi connectivity index (χ1n) is 8.37. The summed E-state index contributed by atoms with van der Waals surface area (Å²) < 4.78 is 18.8. The number of benzene rings is 1. The second kappa shape index (κ2) is 8.13. The van der Waals surface area contributed by atoms with E-state index < -0.39 is 0 Å². The highest BCUT2D eigenvalue weighted by atomic mass is 19.1. The SMILES string of the molecule is CCNC(=NCC1(c2ccccc2F)CC1)NCC(C)C(=O)OC. The summed E-state index contributed by atoms with van der Waals surface area (Å²) in [6.45, 7) is 5.45. The minimum atomic E-state index is -0.264. The number of carbonyl (C=O) groups excluding carboxylic acids is 1. The van der Waals surface area contributed by atoms with Gasteiger partial charge in [0.25, 0.3) is 0 Å². The van der Waals surface area contributed by atoms with Crippen molar-refractivity contribution in [2.75, 3.05) is 26.7 Å². The number of ether oxygens (including phenoxy) is 1. The third-order valence-corrected chi connectivity index (χ3v) is 4.36. The number of esters is 1. The first-order chi connectivity index (χ1) is 11.5. The van der Waals surface area contributed by atoms with E-state index in [1.54, 1.807) is 13.0 Å². The Morgan fingerprint density at radius 2 is 2.08 bits per heavy atom. The number of guanidine groups is 1. The van der Waals surface area contributed by atoms with Crippen molar-refractivity contribution in [1.82, 2.24) is 10.6 Å². The minimum Gasteiger partial charge on any atom is -0.469 e. The zero-order valence-electron chi connectivity index (χ0n) is 14.6. The predicted octanol–water partition coefficient (Wildman–Crippen LogP) is 2.22. The minimum absolute atomic E-state index is 0.164. The van der Waals surface area contributed by atoms with E-state index in [2.05, 4.69) is 15.6 Å². The Bertz CT molecular complexity index is 600. The lowest BCUT2D eigenvalue weighted by Gasteiger charge is -2.17. The summed E-state index contributed by atoms with van der Waals surface area (Å²) in [5, 5.41) is 6.30. The number of rotatable bonds is 7. The van der Waals surface area contributed by atoms with E-state index in [4.69, 9.17) is 4.74 Å². The van der Waals surface area contributed by atoms with Crippen LogP contribution in [0.1, 0.15) is 32.3 Å². The number of hydrogen-bond acceptors (Lipinski definition) is 3. The molecule has 132 valence electrons. The quantitative estimate of drug-likeness (QED) is 0.456. The van der Waals surface area contributed by atoms with Crippen LogP contribution in [0.2, 0.25) is 0 Å². The summed E-state index contributed by atoms with van der Waals surface area (Å²) in [5.74, 6) is -0.0537. The molecule has 1 unspecified atom stereocenters. The van der Waals surface area contributed by atoms with Crippen molar-refractivity contribution in [2.45, 2.75) is 32.1 Å². The van der Waals surface area contributed by atoms with Gasteiger partial charge < -0.3 is 15.4 Å². The third-order valence-electron chi connectivity index (χ3n) is 4.36. The van der Waals surface area contributed by atoms with Crippen molar-refractivity contribution in [2.24, 2.45) is 10.9 Å². The average Bonchev–Trinajstić information content (AvgIpc) is 3.37. The van der Waals surface area contributed by atoms with Crippen molar-refractivity contribution in [3.8, 4) is 0 Å². The standard InChI is InChI=1S/C18H26FN3O2/c1-4-20-17(21-11-13(2)16(23)24-3)22-12-18(9-10-18)14-7-5-6-8-15(14)19/h5-8,13H,4,9-12H2,1-3H3,(H2,20,21,22). The Labute approximate surface area is 142 Å². The largest absolute Gasteiger partial charge is 0.469 e. The van der Waals surface area contributed by atoms with Gasteiger partial charge >= 0.3 is 5.97 Å². The summed E-state index contributed by atoms with van der Waals surface area (Å²) in [7, 11) is 1.38. The highest BCUT2D eigenvalue weighted by Crippen LogP contribution is 2.49. The summed E-state index contributed by atoms with van der Waals surface area (Å²) in [6.07, 6.45) is 1.88. The van der Waals surface area contributed by atoms with E-state index in [1.165, 1.54) is 13.2 Å². The third kappa shape index (κ3) is 4.46. The molecule has 0 aromatic heterocycles. The first-order valence-corrected chi connectivity index (χ1v) is 8.37. The van der Waals surface area contributed by atoms with Crippen molar-refractivity contribution in [1.29, 1.82) is 0 Å². The van der Waals surface area contributed by atoms with Gasteiger partial charge in [0.2, 0.25) is 0 Å². The van der Waals surface area contributed by atoms with E-state index in [-0.39, 0.29) is 23.1 Å². The molecule has 0 spiro atoms. The van der Waals surface area contributed by atoms with Crippen LogP contribution in [0.3, 0.4) is 0 Å². The Balaban J connectivity index is 2.01. The normalized spacial score (nSPS) is 17.1. The number of halogens is 1. The lowest BCUT2D eigenvalue weighted by atomic mass is 9.95. The van der Waals surface area contributed by atoms with E-state index in [0.29, 0.717) is 25.6 Å². The number of hydrogen-bond donors (Lipinski definition) is 2. The van der Waals surface area contributed by atoms with Crippen molar-refractivity contribution >= 4 is 11.9 Å². The monoisotopic (exact) mass is 335 g/mol. The van der Waals surface area contributed by atoms with Crippen molar-refractivity contribution < 1.29 is 13.9 Å². The molecule has 0 heterocycles. The van der Waals surface area contributed by atoms with Crippen molar-refractivity contribution in [3.05, 3.63) is 35.6 Å². The zero-order chi connectivity index (χ0) is 17.6. The van der Waals surface area contributed by atoms with E-state index in [1.807, 2.05) is 19.1 Å². The van der Waals surface area contributed by atoms with Crippen LogP contribution in [0.5, 0.6) is 0 Å². The molecule has 1 aromatic carbocycles. The topological polar surface area (TPSA) is 62.7 Å². The molecule has 24 heavy (non-hydrogen) atoms. The smallest absolute Gasteiger partial charge is 0.310 e. The van der Waals surface area contributed by atoms with Gasteiger partial charge in [0, 0.05) is 18.5 Å². The fraction of sp³-hybridized carbons (Fsp3) is 0.556. The second-order valence-electron chi connectivity index (χ2n) is 6.26. The molecular weight excluding hydrogens is 309 g/mol. The Kier molecular flexibility index (Phi) is 6.17. The van der Waals surface area contributed by atoms with Crippen LogP contribution >= 0.6 is 0 Å². The second-order valence-corrected chi connectivity index (χ2v) is 6.26. The number of methoxy groups -OCH3 is 1. The molecule has 0 radical (unpaired) electrons. The van der Waals surface area contributed by atoms with Gasteiger partial charge in [-0.05, 0) is 31.4 Å². The van der Waals surface area contributed by atoms with Gasteiger partial charge in [0.05, 0.1) is 19.6 Å². The molecule has 1 aliphatic rings. The van der Waals surface area contributed by atoms with Gasteiger partial charge in [0.15, 0.2) is 5.96 Å². The molecule has 1 fully saturated rings. The van der Waals surface area contributed by atoms with E-state index in [0.717, 1.165) is 18.4 Å². The summed E-state index contributed by atoms with van der Waals surface area (Å²) in [5.41, 5.74) is 0.550. The molecule has 5 nitrogen and oxygen atoms in total. The van der Waals surface area contributed by atoms with Gasteiger partial charge in [-0.15, -0.1) is 0 Å². The maximum Gasteiger partial charge on any atom is 0.310 e. The van der Waals surface area contributed by atoms with Crippen LogP contribution in [0, 0.1) is 11.7 Å². The molecule has 2 rings (SSSR count). The Hall–Kier alpha value is -2.11. The molecule has 0 bridgehead atoms. The lowest BCUT2D eigenvalue weighted by molar-refractivity contribution is -0.144. The first kappa shape index (κ1) is 18.2. The molecular formula is C18H26FN3O2. The summed E-state index contributed by atoms with van der Waals surface area (Å²) in [4.78, 5) is 16.1. The zero-order valence-corrected chi connectivity index (χ0v) is 14.6. The molecule has 1 aliphatic carbocycles. The maximum absolute atomic E-state index is 14.0. The fourth-order valence-corrected chi connectivity index (χ4v) is 2.66. The van der Waals surface area contributed by atoms with Crippen LogP contribution in [0.4, 0.5) is 4.39 Å². The van der Waals surface area contributed by atoms with Gasteiger partial charge in [-0.3, -0.25) is 9.79 Å². The van der Waals surface area contributed by atoms with Crippen LogP contribution in [0.15, 0.2) is 29.3 Å². The number of nitrogens with one attached hydrogen (secondary N) is 2. The number of aliphatic imine (C=N–C) groups is 1. The molecule has 2 N–H and O–H groups in total. The highest BCUT2D eigenvalue weighted by Gasteiger charge is 2.45. The number of nitrogens with zero attached hydrogens (tertiary/aromatic N) is 1. The van der Waals surface area contributed by atoms with Crippen LogP contribution in [-0.2, 0) is 14.9 Å². The van der Waals surface area contributed by atoms with Gasteiger partial charge in [-0.25, -0.2) is 4.39 Å². The fourth-order valence-electron chi connectivity index (χ4n) is 2.66. The molecule has 1 aromatic rings. The maximum atomic E-state index is 14.0. The molecule has 1 saturated carbocycles. The summed E-state index contributed by atoms with van der Waals surface area (Å²) >= 11 is 0. The van der Waals surface area contributed by atoms with Crippen LogP contribution < -0.4 is 10.6 Å². The molecule has 0 saturated heterocycles.